The molecular weight excluding hydrogens is 361 g/mol. The van der Waals surface area contributed by atoms with E-state index in [4.69, 9.17) is 4.98 Å². The van der Waals surface area contributed by atoms with Crippen LogP contribution in [-0.4, -0.2) is 17.0 Å². The van der Waals surface area contributed by atoms with Crippen molar-refractivity contribution in [3.8, 4) is 0 Å². The Bertz CT molecular complexity index is 1040. The van der Waals surface area contributed by atoms with Crippen molar-refractivity contribution < 1.29 is 9.29 Å². The van der Waals surface area contributed by atoms with Crippen LogP contribution in [0.2, 0.25) is 0 Å². The number of aryl methyl sites for hydroxylation is 1. The van der Waals surface area contributed by atoms with Gasteiger partial charge in [0.2, 0.25) is 0 Å². The van der Waals surface area contributed by atoms with E-state index in [0.29, 0.717) is 23.9 Å². The van der Waals surface area contributed by atoms with Crippen LogP contribution >= 0.6 is 11.3 Å². The van der Waals surface area contributed by atoms with Gasteiger partial charge in [0.1, 0.15) is 23.2 Å². The minimum Gasteiger partial charge on any atom is -0.325 e. The quantitative estimate of drug-likeness (QED) is 0.724. The summed E-state index contributed by atoms with van der Waals surface area (Å²) in [6.07, 6.45) is 3.14. The second-order valence-corrected chi connectivity index (χ2v) is 8.90. The van der Waals surface area contributed by atoms with Crippen LogP contribution in [0, 0.1) is 11.7 Å². The fourth-order valence-electron chi connectivity index (χ4n) is 3.90. The van der Waals surface area contributed by atoms with Crippen LogP contribution in [0.15, 0.2) is 29.1 Å². The Kier molecular flexibility index (Phi) is 4.86. The Hall–Kier alpha value is -2.05. The molecule has 3 atom stereocenters. The number of quaternary nitrogens is 1. The molecule has 0 fully saturated rings. The average Bonchev–Trinajstić information content (AvgIpc) is 3.00. The van der Waals surface area contributed by atoms with Gasteiger partial charge in [-0.3, -0.25) is 4.79 Å². The second kappa shape index (κ2) is 7.17. The highest BCUT2D eigenvalue weighted by Gasteiger charge is 2.25. The zero-order valence-electron chi connectivity index (χ0n) is 15.9. The van der Waals surface area contributed by atoms with Crippen molar-refractivity contribution in [2.75, 3.05) is 7.05 Å². The van der Waals surface area contributed by atoms with Crippen molar-refractivity contribution >= 4 is 21.6 Å². The maximum Gasteiger partial charge on any atom is 0.260 e. The summed E-state index contributed by atoms with van der Waals surface area (Å²) in [5.74, 6) is 1.15. The van der Waals surface area contributed by atoms with E-state index in [1.165, 1.54) is 16.5 Å². The van der Waals surface area contributed by atoms with E-state index in [0.717, 1.165) is 34.4 Å². The first kappa shape index (κ1) is 18.3. The fraction of sp³-hybridized carbons (Fsp3) is 0.429. The second-order valence-electron chi connectivity index (χ2n) is 7.82. The third-order valence-corrected chi connectivity index (χ3v) is 6.91. The lowest BCUT2D eigenvalue weighted by Crippen LogP contribution is -3.07. The van der Waals surface area contributed by atoms with Crippen LogP contribution in [0.4, 0.5) is 4.39 Å². The van der Waals surface area contributed by atoms with Gasteiger partial charge < -0.3 is 9.88 Å². The lowest BCUT2D eigenvalue weighted by molar-refractivity contribution is -0.924. The monoisotopic (exact) mass is 386 g/mol. The van der Waals surface area contributed by atoms with Gasteiger partial charge in [-0.25, -0.2) is 9.37 Å². The van der Waals surface area contributed by atoms with Crippen molar-refractivity contribution in [3.05, 3.63) is 62.3 Å². The molecule has 0 amide bonds. The van der Waals surface area contributed by atoms with Gasteiger partial charge in [0.05, 0.1) is 12.4 Å². The molecule has 2 aromatic heterocycles. The molecule has 0 spiro atoms. The van der Waals surface area contributed by atoms with Gasteiger partial charge in [-0.05, 0) is 43.7 Å². The van der Waals surface area contributed by atoms with Crippen molar-refractivity contribution in [1.82, 2.24) is 9.97 Å². The number of benzene rings is 1. The topological polar surface area (TPSA) is 50.2 Å². The first-order chi connectivity index (χ1) is 12.9. The molecule has 2 heterocycles. The third-order valence-electron chi connectivity index (χ3n) is 5.76. The van der Waals surface area contributed by atoms with Crippen LogP contribution in [0.1, 0.15) is 48.1 Å². The normalized spacial score (nSPS) is 19.0. The maximum absolute atomic E-state index is 14.0. The number of H-pyrrole nitrogens is 1. The summed E-state index contributed by atoms with van der Waals surface area (Å²) in [7, 11) is 2.00. The van der Waals surface area contributed by atoms with Crippen molar-refractivity contribution in [3.63, 3.8) is 0 Å². The molecule has 1 unspecified atom stereocenters. The molecule has 2 N–H and O–H groups in total. The summed E-state index contributed by atoms with van der Waals surface area (Å²) in [6.45, 7) is 4.82. The Morgan fingerprint density at radius 1 is 1.41 bits per heavy atom. The largest absolute Gasteiger partial charge is 0.325 e. The number of nitrogens with one attached hydrogen (secondary N) is 2. The van der Waals surface area contributed by atoms with Gasteiger partial charge in [0, 0.05) is 10.4 Å². The summed E-state index contributed by atoms with van der Waals surface area (Å²) in [5, 5.41) is 0.782. The van der Waals surface area contributed by atoms with Gasteiger partial charge in [0.25, 0.3) is 5.56 Å². The van der Waals surface area contributed by atoms with Crippen molar-refractivity contribution in [2.45, 2.75) is 45.7 Å². The molecule has 0 saturated heterocycles. The van der Waals surface area contributed by atoms with Gasteiger partial charge in [-0.15, -0.1) is 11.3 Å². The number of aromatic nitrogens is 2. The number of thiophene rings is 1. The van der Waals surface area contributed by atoms with Crippen molar-refractivity contribution in [2.24, 2.45) is 5.92 Å². The standard InChI is InChI=1S/C21H24FN3OS/c1-12-8-9-15-17(10-12)27-21-18(15)20(26)23-19(24-21)13(2)25(3)11-14-6-4-5-7-16(14)22/h4-7,12-13H,8-11H2,1-3H3,(H,23,24,26)/p+1/t12-,13+/m1/s1. The molecule has 6 heteroatoms. The van der Waals surface area contributed by atoms with E-state index in [-0.39, 0.29) is 17.4 Å². The summed E-state index contributed by atoms with van der Waals surface area (Å²) < 4.78 is 14.0. The number of halogens is 1. The number of rotatable bonds is 4. The predicted octanol–water partition coefficient (Wildman–Crippen LogP) is 3.02. The van der Waals surface area contributed by atoms with E-state index in [2.05, 4.69) is 11.9 Å². The minimum atomic E-state index is -0.194. The zero-order chi connectivity index (χ0) is 19.1. The first-order valence-electron chi connectivity index (χ1n) is 9.54. The summed E-state index contributed by atoms with van der Waals surface area (Å²) in [6, 6.07) is 6.79. The molecule has 3 aromatic rings. The number of hydrogen-bond donors (Lipinski definition) is 2. The van der Waals surface area contributed by atoms with E-state index >= 15 is 0 Å². The van der Waals surface area contributed by atoms with Crippen LogP contribution in [0.5, 0.6) is 0 Å². The van der Waals surface area contributed by atoms with Crippen LogP contribution in [-0.2, 0) is 19.4 Å². The van der Waals surface area contributed by atoms with Crippen molar-refractivity contribution in [1.29, 1.82) is 0 Å². The highest BCUT2D eigenvalue weighted by molar-refractivity contribution is 7.18. The number of hydrogen-bond acceptors (Lipinski definition) is 3. The number of nitrogens with zero attached hydrogens (tertiary/aromatic N) is 1. The lowest BCUT2D eigenvalue weighted by atomic mass is 9.89. The van der Waals surface area contributed by atoms with E-state index in [1.54, 1.807) is 23.5 Å². The van der Waals surface area contributed by atoms with E-state index in [9.17, 15) is 9.18 Å². The molecule has 142 valence electrons. The lowest BCUT2D eigenvalue weighted by Gasteiger charge is -2.21. The molecule has 4 nitrogen and oxygen atoms in total. The first-order valence-corrected chi connectivity index (χ1v) is 10.4. The number of fused-ring (bicyclic) bond motifs is 3. The summed E-state index contributed by atoms with van der Waals surface area (Å²) >= 11 is 1.67. The molecule has 0 bridgehead atoms. The van der Waals surface area contributed by atoms with Crippen LogP contribution in [0.3, 0.4) is 0 Å². The fourth-order valence-corrected chi connectivity index (χ4v) is 5.29. The predicted molar refractivity (Wildman–Crippen MR) is 107 cm³/mol. The van der Waals surface area contributed by atoms with Gasteiger partial charge >= 0.3 is 0 Å². The molecule has 1 aliphatic carbocycles. The summed E-state index contributed by atoms with van der Waals surface area (Å²) in [4.78, 5) is 23.8. The highest BCUT2D eigenvalue weighted by Crippen LogP contribution is 2.35. The molecule has 1 aliphatic rings. The van der Waals surface area contributed by atoms with E-state index in [1.807, 2.05) is 20.0 Å². The molecule has 0 radical (unpaired) electrons. The highest BCUT2D eigenvalue weighted by atomic mass is 32.1. The maximum atomic E-state index is 14.0. The number of aromatic amines is 1. The minimum absolute atomic E-state index is 0.0346. The zero-order valence-corrected chi connectivity index (χ0v) is 16.8. The van der Waals surface area contributed by atoms with E-state index < -0.39 is 0 Å². The Balaban J connectivity index is 1.65. The molecule has 0 aliphatic heterocycles. The summed E-state index contributed by atoms with van der Waals surface area (Å²) in [5.41, 5.74) is 1.84. The third kappa shape index (κ3) is 3.44. The molecule has 4 rings (SSSR count). The smallest absolute Gasteiger partial charge is 0.260 e. The van der Waals surface area contributed by atoms with Gasteiger partial charge in [-0.2, -0.15) is 0 Å². The Morgan fingerprint density at radius 2 is 2.19 bits per heavy atom. The molecule has 1 aromatic carbocycles. The van der Waals surface area contributed by atoms with Gasteiger partial charge in [-0.1, -0.05) is 25.1 Å². The van der Waals surface area contributed by atoms with Crippen LogP contribution in [0.25, 0.3) is 10.2 Å². The SMILES string of the molecule is C[C@@H]1CCc2c(sc3nc([C@H](C)[NH+](C)Cc4ccccc4F)[nH]c(=O)c23)C1. The van der Waals surface area contributed by atoms with Gasteiger partial charge in [0.15, 0.2) is 5.82 Å². The Labute approximate surface area is 162 Å². The van der Waals surface area contributed by atoms with Crippen LogP contribution < -0.4 is 10.5 Å². The average molecular weight is 387 g/mol. The molecule has 0 saturated carbocycles. The molecule has 27 heavy (non-hydrogen) atoms. The Morgan fingerprint density at radius 3 is 2.96 bits per heavy atom. The molecular formula is C21H25FN3OS+.